The van der Waals surface area contributed by atoms with Gasteiger partial charge in [-0.05, 0) is 31.4 Å². The predicted octanol–water partition coefficient (Wildman–Crippen LogP) is 1.65. The molecule has 0 radical (unpaired) electrons. The molecular formula is C10H15N3. The van der Waals surface area contributed by atoms with Crippen molar-refractivity contribution in [3.05, 3.63) is 18.3 Å². The van der Waals surface area contributed by atoms with Gasteiger partial charge < -0.3 is 10.6 Å². The molecule has 1 aliphatic carbocycles. The number of nitrogens with zero attached hydrogens (tertiary/aromatic N) is 2. The maximum atomic E-state index is 5.83. The van der Waals surface area contributed by atoms with E-state index in [0.29, 0.717) is 6.04 Å². The second-order valence-corrected chi connectivity index (χ2v) is 3.61. The van der Waals surface area contributed by atoms with Crippen LogP contribution in [0.2, 0.25) is 0 Å². The Morgan fingerprint density at radius 3 is 2.85 bits per heavy atom. The molecule has 0 amide bonds. The first kappa shape index (κ1) is 8.35. The molecule has 1 saturated carbocycles. The Morgan fingerprint density at radius 1 is 1.54 bits per heavy atom. The average molecular weight is 177 g/mol. The SMILES string of the molecule is CN(c1ncccc1N)C1CCC1. The molecule has 0 unspecified atom stereocenters. The highest BCUT2D eigenvalue weighted by atomic mass is 15.2. The minimum absolute atomic E-state index is 0.650. The summed E-state index contributed by atoms with van der Waals surface area (Å²) in [6.45, 7) is 0. The quantitative estimate of drug-likeness (QED) is 0.747. The summed E-state index contributed by atoms with van der Waals surface area (Å²) < 4.78 is 0. The molecule has 1 heterocycles. The zero-order chi connectivity index (χ0) is 9.26. The molecule has 3 heteroatoms. The van der Waals surface area contributed by atoms with E-state index in [1.54, 1.807) is 6.20 Å². The summed E-state index contributed by atoms with van der Waals surface area (Å²) in [5.41, 5.74) is 6.61. The molecule has 2 rings (SSSR count). The number of anilines is 2. The molecule has 1 aromatic rings. The van der Waals surface area contributed by atoms with Gasteiger partial charge in [0.1, 0.15) is 0 Å². The van der Waals surface area contributed by atoms with E-state index in [1.165, 1.54) is 19.3 Å². The Hall–Kier alpha value is -1.25. The normalized spacial score (nSPS) is 16.7. The highest BCUT2D eigenvalue weighted by Crippen LogP contribution is 2.29. The molecule has 1 fully saturated rings. The van der Waals surface area contributed by atoms with Crippen molar-refractivity contribution in [1.82, 2.24) is 4.98 Å². The molecule has 0 aliphatic heterocycles. The lowest BCUT2D eigenvalue weighted by Crippen LogP contribution is -2.37. The fraction of sp³-hybridized carbons (Fsp3) is 0.500. The molecule has 3 nitrogen and oxygen atoms in total. The third kappa shape index (κ3) is 1.46. The van der Waals surface area contributed by atoms with Crippen molar-refractivity contribution in [3.8, 4) is 0 Å². The van der Waals surface area contributed by atoms with Crippen LogP contribution < -0.4 is 10.6 Å². The van der Waals surface area contributed by atoms with Gasteiger partial charge in [-0.25, -0.2) is 4.98 Å². The van der Waals surface area contributed by atoms with Crippen LogP contribution in [0.25, 0.3) is 0 Å². The van der Waals surface area contributed by atoms with Gasteiger partial charge in [0.15, 0.2) is 5.82 Å². The van der Waals surface area contributed by atoms with Crippen molar-refractivity contribution in [3.63, 3.8) is 0 Å². The molecule has 70 valence electrons. The van der Waals surface area contributed by atoms with E-state index in [4.69, 9.17) is 5.73 Å². The lowest BCUT2D eigenvalue weighted by atomic mass is 9.92. The van der Waals surface area contributed by atoms with Crippen molar-refractivity contribution in [2.24, 2.45) is 0 Å². The van der Waals surface area contributed by atoms with Crippen molar-refractivity contribution >= 4 is 11.5 Å². The van der Waals surface area contributed by atoms with Crippen molar-refractivity contribution in [2.75, 3.05) is 17.7 Å². The zero-order valence-electron chi connectivity index (χ0n) is 7.90. The van der Waals surface area contributed by atoms with E-state index in [0.717, 1.165) is 11.5 Å². The number of nitrogen functional groups attached to an aromatic ring is 1. The number of hydrogen-bond acceptors (Lipinski definition) is 3. The van der Waals surface area contributed by atoms with Gasteiger partial charge in [0.2, 0.25) is 0 Å². The molecule has 0 bridgehead atoms. The van der Waals surface area contributed by atoms with Gasteiger partial charge in [-0.3, -0.25) is 0 Å². The lowest BCUT2D eigenvalue weighted by Gasteiger charge is -2.35. The van der Waals surface area contributed by atoms with Crippen LogP contribution in [0.4, 0.5) is 11.5 Å². The van der Waals surface area contributed by atoms with Crippen molar-refractivity contribution in [2.45, 2.75) is 25.3 Å². The van der Waals surface area contributed by atoms with Crippen LogP contribution >= 0.6 is 0 Å². The molecular weight excluding hydrogens is 162 g/mol. The van der Waals surface area contributed by atoms with Crippen molar-refractivity contribution < 1.29 is 0 Å². The van der Waals surface area contributed by atoms with E-state index >= 15 is 0 Å². The molecule has 0 atom stereocenters. The third-order valence-electron chi connectivity index (χ3n) is 2.77. The molecule has 13 heavy (non-hydrogen) atoms. The largest absolute Gasteiger partial charge is 0.396 e. The zero-order valence-corrected chi connectivity index (χ0v) is 7.90. The van der Waals surface area contributed by atoms with Crippen LogP contribution in [0, 0.1) is 0 Å². The summed E-state index contributed by atoms with van der Waals surface area (Å²) in [5, 5.41) is 0. The number of hydrogen-bond donors (Lipinski definition) is 1. The van der Waals surface area contributed by atoms with Crippen LogP contribution in [0.1, 0.15) is 19.3 Å². The number of aromatic nitrogens is 1. The third-order valence-corrected chi connectivity index (χ3v) is 2.77. The average Bonchev–Trinajstić information content (AvgIpc) is 2.01. The number of nitrogens with two attached hydrogens (primary N) is 1. The number of pyridine rings is 1. The van der Waals surface area contributed by atoms with E-state index < -0.39 is 0 Å². The van der Waals surface area contributed by atoms with Crippen LogP contribution in [0.5, 0.6) is 0 Å². The molecule has 0 aromatic carbocycles. The van der Waals surface area contributed by atoms with Gasteiger partial charge in [0.05, 0.1) is 5.69 Å². The summed E-state index contributed by atoms with van der Waals surface area (Å²) in [5.74, 6) is 0.923. The first-order valence-electron chi connectivity index (χ1n) is 4.72. The first-order chi connectivity index (χ1) is 6.29. The Morgan fingerprint density at radius 2 is 2.31 bits per heavy atom. The maximum absolute atomic E-state index is 5.83. The molecule has 0 saturated heterocycles. The summed E-state index contributed by atoms with van der Waals surface area (Å²) in [7, 11) is 2.07. The van der Waals surface area contributed by atoms with E-state index in [1.807, 2.05) is 12.1 Å². The van der Waals surface area contributed by atoms with Gasteiger partial charge in [-0.1, -0.05) is 0 Å². The monoisotopic (exact) mass is 177 g/mol. The first-order valence-corrected chi connectivity index (χ1v) is 4.72. The Kier molecular flexibility index (Phi) is 2.08. The summed E-state index contributed by atoms with van der Waals surface area (Å²) >= 11 is 0. The minimum atomic E-state index is 0.650. The molecule has 1 aliphatic rings. The molecule has 1 aromatic heterocycles. The highest BCUT2D eigenvalue weighted by molar-refractivity contribution is 5.62. The Labute approximate surface area is 78.6 Å². The highest BCUT2D eigenvalue weighted by Gasteiger charge is 2.23. The van der Waals surface area contributed by atoms with Crippen LogP contribution in [-0.2, 0) is 0 Å². The molecule has 2 N–H and O–H groups in total. The van der Waals surface area contributed by atoms with Gasteiger partial charge in [-0.15, -0.1) is 0 Å². The smallest absolute Gasteiger partial charge is 0.151 e. The van der Waals surface area contributed by atoms with Crippen molar-refractivity contribution in [1.29, 1.82) is 0 Å². The van der Waals surface area contributed by atoms with E-state index in [-0.39, 0.29) is 0 Å². The Bertz CT molecular complexity index is 294. The fourth-order valence-electron chi connectivity index (χ4n) is 1.65. The minimum Gasteiger partial charge on any atom is -0.396 e. The van der Waals surface area contributed by atoms with Crippen LogP contribution in [-0.4, -0.2) is 18.1 Å². The topological polar surface area (TPSA) is 42.2 Å². The standard InChI is InChI=1S/C10H15N3/c1-13(8-4-2-5-8)10-9(11)6-3-7-12-10/h3,6-8H,2,4-5,11H2,1H3. The fourth-order valence-corrected chi connectivity index (χ4v) is 1.65. The van der Waals surface area contributed by atoms with Crippen LogP contribution in [0.15, 0.2) is 18.3 Å². The second-order valence-electron chi connectivity index (χ2n) is 3.61. The van der Waals surface area contributed by atoms with Crippen LogP contribution in [0.3, 0.4) is 0 Å². The van der Waals surface area contributed by atoms with Gasteiger partial charge in [0, 0.05) is 19.3 Å². The summed E-state index contributed by atoms with van der Waals surface area (Å²) in [4.78, 5) is 6.48. The van der Waals surface area contributed by atoms with Gasteiger partial charge in [0.25, 0.3) is 0 Å². The second kappa shape index (κ2) is 3.24. The summed E-state index contributed by atoms with van der Waals surface area (Å²) in [6.07, 6.45) is 5.67. The number of rotatable bonds is 2. The van der Waals surface area contributed by atoms with Gasteiger partial charge >= 0.3 is 0 Å². The predicted molar refractivity (Wildman–Crippen MR) is 54.7 cm³/mol. The lowest BCUT2D eigenvalue weighted by molar-refractivity contribution is 0.399. The summed E-state index contributed by atoms with van der Waals surface area (Å²) in [6, 6.07) is 4.42. The Balaban J connectivity index is 2.18. The molecule has 0 spiro atoms. The van der Waals surface area contributed by atoms with Gasteiger partial charge in [-0.2, -0.15) is 0 Å². The maximum Gasteiger partial charge on any atom is 0.151 e. The van der Waals surface area contributed by atoms with E-state index in [2.05, 4.69) is 16.9 Å². The van der Waals surface area contributed by atoms with E-state index in [9.17, 15) is 0 Å².